The Labute approximate surface area is 214 Å². The number of carbonyl (C=O) groups is 1. The van der Waals surface area contributed by atoms with Crippen molar-refractivity contribution < 1.29 is 9.53 Å². The van der Waals surface area contributed by atoms with E-state index in [9.17, 15) is 4.79 Å². The molecule has 3 heteroatoms. The van der Waals surface area contributed by atoms with Gasteiger partial charge in [0.15, 0.2) is 0 Å². The van der Waals surface area contributed by atoms with E-state index < -0.39 is 0 Å². The number of hydrogen-bond donors (Lipinski definition) is 1. The first-order valence-electron chi connectivity index (χ1n) is 13.4. The third kappa shape index (κ3) is 16.6. The molecule has 0 fully saturated rings. The highest BCUT2D eigenvalue weighted by atomic mass is 16.5. The van der Waals surface area contributed by atoms with E-state index in [1.807, 2.05) is 44.2 Å². The lowest BCUT2D eigenvalue weighted by atomic mass is 10.1. The first kappa shape index (κ1) is 30.4. The lowest BCUT2D eigenvalue weighted by molar-refractivity contribution is -0.133. The second-order valence-electron chi connectivity index (χ2n) is 8.61. The quantitative estimate of drug-likeness (QED) is 0.160. The van der Waals surface area contributed by atoms with Gasteiger partial charge in [0.1, 0.15) is 6.10 Å². The maximum atomic E-state index is 12.5. The minimum Gasteiger partial charge on any atom is -0.368 e. The minimum atomic E-state index is -0.380. The first-order chi connectivity index (χ1) is 17.2. The van der Waals surface area contributed by atoms with Gasteiger partial charge in [-0.1, -0.05) is 105 Å². The Hall–Kier alpha value is -2.65. The molecule has 1 N–H and O–H groups in total. The molecule has 192 valence electrons. The van der Waals surface area contributed by atoms with Crippen molar-refractivity contribution in [3.05, 3.63) is 96.7 Å². The van der Waals surface area contributed by atoms with Crippen molar-refractivity contribution in [3.8, 4) is 0 Å². The molecule has 35 heavy (non-hydrogen) atoms. The number of benzene rings is 1. The van der Waals surface area contributed by atoms with Gasteiger partial charge in [-0.05, 0) is 70.3 Å². The fourth-order valence-electron chi connectivity index (χ4n) is 3.47. The summed E-state index contributed by atoms with van der Waals surface area (Å²) < 4.78 is 5.86. The number of unbranched alkanes of at least 4 members (excludes halogenated alkanes) is 2. The van der Waals surface area contributed by atoms with Crippen LogP contribution in [0.3, 0.4) is 0 Å². The maximum Gasteiger partial charge on any atom is 0.249 e. The SMILES string of the molecule is CC/C=C\C/C=C\C/C=C\C/C=C\C/C=C\CCCCO[C@H](CC)C(=O)N[C@H](C)c1ccccc1. The third-order valence-corrected chi connectivity index (χ3v) is 5.56. The van der Waals surface area contributed by atoms with Crippen molar-refractivity contribution in [2.45, 2.75) is 90.7 Å². The summed E-state index contributed by atoms with van der Waals surface area (Å²) in [6.07, 6.45) is 30.7. The first-order valence-corrected chi connectivity index (χ1v) is 13.4. The summed E-state index contributed by atoms with van der Waals surface area (Å²) in [4.78, 5) is 12.5. The highest BCUT2D eigenvalue weighted by molar-refractivity contribution is 5.81. The lowest BCUT2D eigenvalue weighted by Gasteiger charge is -2.20. The highest BCUT2D eigenvalue weighted by Crippen LogP contribution is 2.12. The van der Waals surface area contributed by atoms with E-state index in [1.54, 1.807) is 0 Å². The number of nitrogens with one attached hydrogen (secondary N) is 1. The summed E-state index contributed by atoms with van der Waals surface area (Å²) in [5, 5.41) is 3.07. The van der Waals surface area contributed by atoms with Gasteiger partial charge in [-0.15, -0.1) is 0 Å². The van der Waals surface area contributed by atoms with Crippen LogP contribution in [0.4, 0.5) is 0 Å². The summed E-state index contributed by atoms with van der Waals surface area (Å²) >= 11 is 0. The Kier molecular flexibility index (Phi) is 19.0. The minimum absolute atomic E-state index is 0.0170. The van der Waals surface area contributed by atoms with Crippen molar-refractivity contribution >= 4 is 5.91 Å². The molecular formula is C32H47NO2. The van der Waals surface area contributed by atoms with Gasteiger partial charge in [0, 0.05) is 6.61 Å². The Morgan fingerprint density at radius 2 is 1.34 bits per heavy atom. The molecule has 0 aliphatic heterocycles. The molecule has 0 saturated carbocycles. The van der Waals surface area contributed by atoms with Crippen molar-refractivity contribution in [1.82, 2.24) is 5.32 Å². The molecule has 1 aromatic carbocycles. The third-order valence-electron chi connectivity index (χ3n) is 5.56. The lowest BCUT2D eigenvalue weighted by Crippen LogP contribution is -2.37. The van der Waals surface area contributed by atoms with E-state index in [2.05, 4.69) is 73.0 Å². The average Bonchev–Trinajstić information content (AvgIpc) is 2.88. The topological polar surface area (TPSA) is 38.3 Å². The normalized spacial score (nSPS) is 14.1. The van der Waals surface area contributed by atoms with Gasteiger partial charge < -0.3 is 10.1 Å². The predicted octanol–water partition coefficient (Wildman–Crippen LogP) is 8.58. The van der Waals surface area contributed by atoms with Gasteiger partial charge in [-0.2, -0.15) is 0 Å². The van der Waals surface area contributed by atoms with Crippen LogP contribution in [0.5, 0.6) is 0 Å². The predicted molar refractivity (Wildman–Crippen MR) is 151 cm³/mol. The number of allylic oxidation sites excluding steroid dienone is 10. The van der Waals surface area contributed by atoms with Crippen LogP contribution in [0, 0.1) is 0 Å². The summed E-state index contributed by atoms with van der Waals surface area (Å²) in [7, 11) is 0. The Morgan fingerprint density at radius 3 is 1.89 bits per heavy atom. The molecular weight excluding hydrogens is 430 g/mol. The van der Waals surface area contributed by atoms with Gasteiger partial charge in [-0.3, -0.25) is 4.79 Å². The molecule has 1 aromatic rings. The summed E-state index contributed by atoms with van der Waals surface area (Å²) in [5.41, 5.74) is 1.10. The molecule has 0 unspecified atom stereocenters. The molecule has 0 aromatic heterocycles. The van der Waals surface area contributed by atoms with E-state index >= 15 is 0 Å². The number of amides is 1. The van der Waals surface area contributed by atoms with Gasteiger partial charge in [0.2, 0.25) is 5.91 Å². The monoisotopic (exact) mass is 477 g/mol. The number of rotatable bonds is 19. The maximum absolute atomic E-state index is 12.5. The standard InChI is InChI=1S/C32H47NO2/c1-4-6-7-8-9-10-11-12-13-14-15-16-17-18-19-20-21-25-28-35-31(5-2)32(34)33-29(3)30-26-23-22-24-27-30/h6-7,9-10,12-13,15-16,18-19,22-24,26-27,29,31H,4-5,8,11,14,17,20-21,25,28H2,1-3H3,(H,33,34)/b7-6-,10-9-,13-12-,16-15-,19-18-/t29-,31-/m1/s1. The molecule has 0 aliphatic carbocycles. The molecule has 1 rings (SSSR count). The summed E-state index contributed by atoms with van der Waals surface area (Å²) in [6, 6.07) is 10.0. The van der Waals surface area contributed by atoms with Crippen LogP contribution in [0.25, 0.3) is 0 Å². The molecule has 0 saturated heterocycles. The van der Waals surface area contributed by atoms with Crippen LogP contribution >= 0.6 is 0 Å². The molecule has 0 radical (unpaired) electrons. The average molecular weight is 478 g/mol. The van der Waals surface area contributed by atoms with Gasteiger partial charge in [-0.25, -0.2) is 0 Å². The fraction of sp³-hybridized carbons (Fsp3) is 0.469. The van der Waals surface area contributed by atoms with Crippen molar-refractivity contribution in [3.63, 3.8) is 0 Å². The van der Waals surface area contributed by atoms with Crippen LogP contribution in [-0.2, 0) is 9.53 Å². The second kappa shape index (κ2) is 21.9. The van der Waals surface area contributed by atoms with Gasteiger partial charge >= 0.3 is 0 Å². The van der Waals surface area contributed by atoms with Gasteiger partial charge in [0.25, 0.3) is 0 Å². The zero-order valence-corrected chi connectivity index (χ0v) is 22.2. The van der Waals surface area contributed by atoms with Crippen molar-refractivity contribution in [1.29, 1.82) is 0 Å². The molecule has 0 bridgehead atoms. The van der Waals surface area contributed by atoms with Crippen LogP contribution < -0.4 is 5.32 Å². The van der Waals surface area contributed by atoms with E-state index in [4.69, 9.17) is 4.74 Å². The Bertz CT molecular complexity index is 789. The molecule has 0 aliphatic rings. The zero-order valence-electron chi connectivity index (χ0n) is 22.2. The zero-order chi connectivity index (χ0) is 25.4. The van der Waals surface area contributed by atoms with E-state index in [0.29, 0.717) is 13.0 Å². The van der Waals surface area contributed by atoms with Gasteiger partial charge in [0.05, 0.1) is 6.04 Å². The van der Waals surface area contributed by atoms with Crippen LogP contribution in [0.15, 0.2) is 91.1 Å². The smallest absolute Gasteiger partial charge is 0.249 e. The molecule has 2 atom stereocenters. The Morgan fingerprint density at radius 1 is 0.800 bits per heavy atom. The summed E-state index contributed by atoms with van der Waals surface area (Å²) in [5.74, 6) is -0.0262. The fourth-order valence-corrected chi connectivity index (χ4v) is 3.47. The molecule has 0 spiro atoms. The van der Waals surface area contributed by atoms with E-state index in [-0.39, 0.29) is 18.1 Å². The summed E-state index contributed by atoms with van der Waals surface area (Å²) in [6.45, 7) is 6.78. The van der Waals surface area contributed by atoms with Crippen LogP contribution in [-0.4, -0.2) is 18.6 Å². The number of ether oxygens (including phenoxy) is 1. The van der Waals surface area contributed by atoms with Crippen LogP contribution in [0.1, 0.15) is 90.2 Å². The number of carbonyl (C=O) groups excluding carboxylic acids is 1. The molecule has 3 nitrogen and oxygen atoms in total. The molecule has 1 amide bonds. The number of hydrogen-bond acceptors (Lipinski definition) is 2. The van der Waals surface area contributed by atoms with Crippen molar-refractivity contribution in [2.24, 2.45) is 0 Å². The van der Waals surface area contributed by atoms with E-state index in [0.717, 1.165) is 56.9 Å². The van der Waals surface area contributed by atoms with E-state index in [1.165, 1.54) is 0 Å². The largest absolute Gasteiger partial charge is 0.368 e. The second-order valence-corrected chi connectivity index (χ2v) is 8.61. The highest BCUT2D eigenvalue weighted by Gasteiger charge is 2.19. The van der Waals surface area contributed by atoms with Crippen molar-refractivity contribution in [2.75, 3.05) is 6.61 Å². The molecule has 0 heterocycles. The van der Waals surface area contributed by atoms with Crippen LogP contribution in [0.2, 0.25) is 0 Å². The Balaban J connectivity index is 2.06.